The maximum absolute atomic E-state index is 9.88. The minimum atomic E-state index is 0.282. The minimum Gasteiger partial charge on any atom is -0.508 e. The first-order valence-corrected chi connectivity index (χ1v) is 13.0. The van der Waals surface area contributed by atoms with Gasteiger partial charge in [-0.15, -0.1) is 0 Å². The molecule has 0 radical (unpaired) electrons. The number of hydrogen-bond donors (Lipinski definition) is 4. The fourth-order valence-corrected chi connectivity index (χ4v) is 6.51. The maximum atomic E-state index is 9.88. The number of aromatic hydroxyl groups is 1. The van der Waals surface area contributed by atoms with Crippen LogP contribution in [0.3, 0.4) is 0 Å². The normalized spacial score (nSPS) is 27.8. The third-order valence-electron chi connectivity index (χ3n) is 8.17. The molecule has 3 aliphatic rings. The highest BCUT2D eigenvalue weighted by molar-refractivity contribution is 5.67. The van der Waals surface area contributed by atoms with E-state index in [9.17, 15) is 5.11 Å². The van der Waals surface area contributed by atoms with Crippen molar-refractivity contribution >= 4 is 17.2 Å². The monoisotopic (exact) mass is 469 g/mol. The summed E-state index contributed by atoms with van der Waals surface area (Å²) >= 11 is 0. The molecule has 5 atom stereocenters. The van der Waals surface area contributed by atoms with Gasteiger partial charge in [-0.05, 0) is 91.3 Å². The highest BCUT2D eigenvalue weighted by atomic mass is 16.3. The number of anilines is 3. The molecule has 2 bridgehead atoms. The van der Waals surface area contributed by atoms with Crippen LogP contribution >= 0.6 is 0 Å². The smallest absolute Gasteiger partial charge is 0.126 e. The molecular formula is C29H35N5O. The van der Waals surface area contributed by atoms with Crippen molar-refractivity contribution in [3.05, 3.63) is 66.9 Å². The molecule has 2 heterocycles. The number of nitrogens with two attached hydrogens (primary N) is 1. The van der Waals surface area contributed by atoms with Crippen molar-refractivity contribution in [2.24, 2.45) is 5.92 Å². The van der Waals surface area contributed by atoms with Gasteiger partial charge in [-0.1, -0.05) is 25.0 Å². The topological polar surface area (TPSA) is 86.4 Å². The molecule has 0 spiro atoms. The van der Waals surface area contributed by atoms with Gasteiger partial charge in [0.25, 0.3) is 0 Å². The molecule has 6 nitrogen and oxygen atoms in total. The SMILES string of the molecule is Nc1ccc(N2C[C@@H]3C[C@H](N[C@@H]4CCCC[C@H]4Nc4cc(-c5cccc(O)c5)ccn4)[C@H]2C3)cc1. The zero-order valence-electron chi connectivity index (χ0n) is 20.1. The van der Waals surface area contributed by atoms with E-state index < -0.39 is 0 Å². The molecule has 1 aromatic heterocycles. The maximum Gasteiger partial charge on any atom is 0.126 e. The van der Waals surface area contributed by atoms with E-state index >= 15 is 0 Å². The Morgan fingerprint density at radius 3 is 2.49 bits per heavy atom. The number of nitrogen functional groups attached to an aromatic ring is 1. The number of rotatable bonds is 6. The zero-order valence-corrected chi connectivity index (χ0v) is 20.1. The standard InChI is InChI=1S/C29H35N5O/c30-22-8-10-23(11-9-22)34-18-19-14-27(28(34)15-19)32-25-6-1-2-7-26(25)33-29-17-21(12-13-31-29)20-4-3-5-24(35)16-20/h3-5,8-13,16-17,19,25-28,32,35H,1-2,6-7,14-15,18,30H2,(H,31,33)/t19-,25-,26-,27+,28-/m1/s1. The van der Waals surface area contributed by atoms with E-state index in [0.717, 1.165) is 41.5 Å². The van der Waals surface area contributed by atoms with Crippen molar-refractivity contribution in [3.8, 4) is 16.9 Å². The second kappa shape index (κ2) is 9.42. The molecule has 35 heavy (non-hydrogen) atoms. The summed E-state index contributed by atoms with van der Waals surface area (Å²) in [6.45, 7) is 1.16. The Labute approximate surface area is 207 Å². The van der Waals surface area contributed by atoms with Gasteiger partial charge in [-0.25, -0.2) is 4.98 Å². The Hall–Kier alpha value is -3.25. The Kier molecular flexibility index (Phi) is 5.98. The van der Waals surface area contributed by atoms with E-state index in [-0.39, 0.29) is 5.75 Å². The third kappa shape index (κ3) is 4.67. The van der Waals surface area contributed by atoms with Crippen LogP contribution < -0.4 is 21.3 Å². The number of phenols is 1. The number of nitrogens with zero attached hydrogens (tertiary/aromatic N) is 2. The lowest BCUT2D eigenvalue weighted by molar-refractivity contribution is 0.289. The molecule has 2 aromatic carbocycles. The average molecular weight is 470 g/mol. The molecule has 5 N–H and O–H groups in total. The van der Waals surface area contributed by atoms with Crippen LogP contribution in [0.2, 0.25) is 0 Å². The highest BCUT2D eigenvalue weighted by Crippen LogP contribution is 2.41. The number of aromatic nitrogens is 1. The molecular weight excluding hydrogens is 434 g/mol. The molecule has 2 saturated carbocycles. The lowest BCUT2D eigenvalue weighted by Crippen LogP contribution is -2.56. The summed E-state index contributed by atoms with van der Waals surface area (Å²) < 4.78 is 0. The fourth-order valence-electron chi connectivity index (χ4n) is 6.51. The van der Waals surface area contributed by atoms with E-state index in [2.05, 4.69) is 38.7 Å². The van der Waals surface area contributed by atoms with Gasteiger partial charge in [0.05, 0.1) is 0 Å². The quantitative estimate of drug-likeness (QED) is 0.380. The summed E-state index contributed by atoms with van der Waals surface area (Å²) in [6, 6.07) is 21.7. The Morgan fingerprint density at radius 2 is 1.69 bits per heavy atom. The highest BCUT2D eigenvalue weighted by Gasteiger charge is 2.46. The molecule has 1 saturated heterocycles. The molecule has 2 aliphatic carbocycles. The van der Waals surface area contributed by atoms with Crippen LogP contribution in [-0.4, -0.2) is 40.8 Å². The first-order chi connectivity index (χ1) is 17.1. The molecule has 0 amide bonds. The number of piperidine rings is 1. The minimum absolute atomic E-state index is 0.282. The number of nitrogens with one attached hydrogen (secondary N) is 2. The number of phenolic OH excluding ortho intramolecular Hbond substituents is 1. The second-order valence-electron chi connectivity index (χ2n) is 10.5. The van der Waals surface area contributed by atoms with Gasteiger partial charge in [-0.3, -0.25) is 0 Å². The van der Waals surface area contributed by atoms with Gasteiger partial charge in [0.15, 0.2) is 0 Å². The summed E-state index contributed by atoms with van der Waals surface area (Å²) in [5, 5.41) is 17.7. The van der Waals surface area contributed by atoms with Crippen LogP contribution in [0.4, 0.5) is 17.2 Å². The number of benzene rings is 2. The van der Waals surface area contributed by atoms with Crippen LogP contribution in [0.15, 0.2) is 66.9 Å². The number of hydrogen-bond acceptors (Lipinski definition) is 6. The van der Waals surface area contributed by atoms with E-state index in [1.54, 1.807) is 12.1 Å². The Bertz CT molecular complexity index is 1170. The average Bonchev–Trinajstić information content (AvgIpc) is 3.47. The van der Waals surface area contributed by atoms with E-state index in [4.69, 9.17) is 5.73 Å². The molecule has 3 aromatic rings. The van der Waals surface area contributed by atoms with Crippen LogP contribution in [0.25, 0.3) is 11.1 Å². The predicted octanol–water partition coefficient (Wildman–Crippen LogP) is 5.02. The summed E-state index contributed by atoms with van der Waals surface area (Å²) in [7, 11) is 0. The molecule has 3 fully saturated rings. The van der Waals surface area contributed by atoms with Crippen LogP contribution in [-0.2, 0) is 0 Å². The van der Waals surface area contributed by atoms with Crippen molar-refractivity contribution < 1.29 is 5.11 Å². The van der Waals surface area contributed by atoms with Crippen LogP contribution in [0, 0.1) is 5.92 Å². The van der Waals surface area contributed by atoms with Crippen molar-refractivity contribution in [2.45, 2.75) is 62.7 Å². The molecule has 6 heteroatoms. The predicted molar refractivity (Wildman–Crippen MR) is 143 cm³/mol. The Morgan fingerprint density at radius 1 is 0.886 bits per heavy atom. The van der Waals surface area contributed by atoms with Crippen molar-refractivity contribution in [1.82, 2.24) is 10.3 Å². The summed E-state index contributed by atoms with van der Waals surface area (Å²) in [5.74, 6) is 1.95. The lowest BCUT2D eigenvalue weighted by atomic mass is 9.89. The van der Waals surface area contributed by atoms with Gasteiger partial charge in [0.1, 0.15) is 11.6 Å². The van der Waals surface area contributed by atoms with Gasteiger partial charge in [0, 0.05) is 48.3 Å². The molecule has 182 valence electrons. The number of pyridine rings is 1. The van der Waals surface area contributed by atoms with Crippen molar-refractivity contribution in [3.63, 3.8) is 0 Å². The second-order valence-corrected chi connectivity index (χ2v) is 10.5. The van der Waals surface area contributed by atoms with Crippen molar-refractivity contribution in [2.75, 3.05) is 22.5 Å². The zero-order chi connectivity index (χ0) is 23.8. The number of fused-ring (bicyclic) bond motifs is 2. The third-order valence-corrected chi connectivity index (χ3v) is 8.17. The molecule has 1 aliphatic heterocycles. The van der Waals surface area contributed by atoms with Gasteiger partial charge in [-0.2, -0.15) is 0 Å². The molecule has 0 unspecified atom stereocenters. The first-order valence-electron chi connectivity index (χ1n) is 13.0. The van der Waals surface area contributed by atoms with Crippen LogP contribution in [0.5, 0.6) is 5.75 Å². The first kappa shape index (κ1) is 22.2. The summed E-state index contributed by atoms with van der Waals surface area (Å²) in [5.41, 5.74) is 10.1. The fraction of sp³-hybridized carbons (Fsp3) is 0.414. The lowest BCUT2D eigenvalue weighted by Gasteiger charge is -2.41. The van der Waals surface area contributed by atoms with E-state index in [1.165, 1.54) is 37.8 Å². The summed E-state index contributed by atoms with van der Waals surface area (Å²) in [4.78, 5) is 7.22. The largest absolute Gasteiger partial charge is 0.508 e. The van der Waals surface area contributed by atoms with E-state index in [0.29, 0.717) is 24.2 Å². The van der Waals surface area contributed by atoms with Gasteiger partial charge in [0.2, 0.25) is 0 Å². The molecule has 6 rings (SSSR count). The van der Waals surface area contributed by atoms with Crippen LogP contribution in [0.1, 0.15) is 38.5 Å². The van der Waals surface area contributed by atoms with Crippen molar-refractivity contribution in [1.29, 1.82) is 0 Å². The van der Waals surface area contributed by atoms with E-state index in [1.807, 2.05) is 36.5 Å². The summed E-state index contributed by atoms with van der Waals surface area (Å²) in [6.07, 6.45) is 9.27. The van der Waals surface area contributed by atoms with Gasteiger partial charge >= 0.3 is 0 Å². The Balaban J connectivity index is 1.15. The van der Waals surface area contributed by atoms with Gasteiger partial charge < -0.3 is 26.4 Å².